The number of nitrogens with zero attached hydrogens (tertiary/aromatic N) is 2. The summed E-state index contributed by atoms with van der Waals surface area (Å²) >= 11 is 0. The number of nitrogens with one attached hydrogen (secondary N) is 1. The maximum Gasteiger partial charge on any atom is 0.258 e. The Bertz CT molecular complexity index is 844. The first-order chi connectivity index (χ1) is 12.8. The number of ether oxygens (including phenoxy) is 1. The van der Waals surface area contributed by atoms with Crippen molar-refractivity contribution >= 4 is 5.91 Å². The van der Waals surface area contributed by atoms with E-state index in [-0.39, 0.29) is 12.5 Å². The molecular formula is C21H23N3O2. The maximum atomic E-state index is 12.2. The van der Waals surface area contributed by atoms with Crippen LogP contribution in [0.4, 0.5) is 0 Å². The molecule has 5 nitrogen and oxygen atoms in total. The summed E-state index contributed by atoms with van der Waals surface area (Å²) in [5, 5.41) is 7.17. The molecule has 0 aliphatic heterocycles. The summed E-state index contributed by atoms with van der Waals surface area (Å²) in [6.45, 7) is 3.23. The molecule has 0 fully saturated rings. The first-order valence-electron chi connectivity index (χ1n) is 8.78. The number of aryl methyl sites for hydroxylation is 1. The lowest BCUT2D eigenvalue weighted by molar-refractivity contribution is -0.123. The minimum absolute atomic E-state index is 0.0122. The van der Waals surface area contributed by atoms with Crippen molar-refractivity contribution in [3.63, 3.8) is 0 Å². The Morgan fingerprint density at radius 1 is 1.04 bits per heavy atom. The molecule has 0 atom stereocenters. The highest BCUT2D eigenvalue weighted by molar-refractivity contribution is 5.77. The Hall–Kier alpha value is -3.08. The van der Waals surface area contributed by atoms with Crippen molar-refractivity contribution < 1.29 is 9.53 Å². The van der Waals surface area contributed by atoms with Crippen molar-refractivity contribution in [3.05, 3.63) is 83.7 Å². The highest BCUT2D eigenvalue weighted by atomic mass is 16.5. The topological polar surface area (TPSA) is 56.1 Å². The molecule has 26 heavy (non-hydrogen) atoms. The predicted molar refractivity (Wildman–Crippen MR) is 101 cm³/mol. The fraction of sp³-hybridized carbons (Fsp3) is 0.238. The van der Waals surface area contributed by atoms with Gasteiger partial charge >= 0.3 is 0 Å². The van der Waals surface area contributed by atoms with Crippen molar-refractivity contribution in [3.8, 4) is 5.75 Å². The number of hydrogen-bond acceptors (Lipinski definition) is 3. The third kappa shape index (κ3) is 4.72. The van der Waals surface area contributed by atoms with E-state index in [4.69, 9.17) is 4.74 Å². The predicted octanol–water partition coefficient (Wildman–Crippen LogP) is 3.19. The maximum absolute atomic E-state index is 12.2. The third-order valence-electron chi connectivity index (χ3n) is 4.20. The number of para-hydroxylation sites is 1. The number of rotatable bonds is 8. The second-order valence-electron chi connectivity index (χ2n) is 6.00. The van der Waals surface area contributed by atoms with Crippen LogP contribution in [0.25, 0.3) is 0 Å². The van der Waals surface area contributed by atoms with E-state index in [1.54, 1.807) is 6.20 Å². The lowest BCUT2D eigenvalue weighted by Gasteiger charge is -2.12. The zero-order valence-corrected chi connectivity index (χ0v) is 14.9. The lowest BCUT2D eigenvalue weighted by Crippen LogP contribution is -2.29. The smallest absolute Gasteiger partial charge is 0.258 e. The average molecular weight is 349 g/mol. The molecule has 3 rings (SSSR count). The van der Waals surface area contributed by atoms with Crippen LogP contribution in [0, 0.1) is 0 Å². The van der Waals surface area contributed by atoms with E-state index in [9.17, 15) is 4.79 Å². The van der Waals surface area contributed by atoms with Crippen LogP contribution in [0.3, 0.4) is 0 Å². The molecule has 0 aliphatic carbocycles. The van der Waals surface area contributed by atoms with Crippen molar-refractivity contribution in [2.24, 2.45) is 0 Å². The van der Waals surface area contributed by atoms with Crippen molar-refractivity contribution in [1.29, 1.82) is 0 Å². The molecule has 0 aliphatic rings. The molecule has 134 valence electrons. The molecule has 1 amide bonds. The van der Waals surface area contributed by atoms with Gasteiger partial charge in [-0.3, -0.25) is 9.48 Å². The Labute approximate surface area is 153 Å². The van der Waals surface area contributed by atoms with Crippen LogP contribution in [0.5, 0.6) is 5.75 Å². The second-order valence-corrected chi connectivity index (χ2v) is 6.00. The van der Waals surface area contributed by atoms with Gasteiger partial charge in [0.1, 0.15) is 5.75 Å². The molecule has 0 bridgehead atoms. The van der Waals surface area contributed by atoms with Gasteiger partial charge in [-0.25, -0.2) is 0 Å². The first kappa shape index (κ1) is 17.7. The summed E-state index contributed by atoms with van der Waals surface area (Å²) in [4.78, 5) is 12.2. The first-order valence-corrected chi connectivity index (χ1v) is 8.78. The summed E-state index contributed by atoms with van der Waals surface area (Å²) in [6, 6.07) is 17.7. The second kappa shape index (κ2) is 8.85. The molecule has 0 saturated heterocycles. The lowest BCUT2D eigenvalue weighted by atomic mass is 10.1. The minimum atomic E-state index is -0.134. The Morgan fingerprint density at radius 3 is 2.50 bits per heavy atom. The summed E-state index contributed by atoms with van der Waals surface area (Å²) in [6.07, 6.45) is 4.56. The van der Waals surface area contributed by atoms with Gasteiger partial charge in [0.15, 0.2) is 6.61 Å². The number of aromatic nitrogens is 2. The monoisotopic (exact) mass is 349 g/mol. The zero-order valence-electron chi connectivity index (χ0n) is 14.9. The molecule has 1 aromatic heterocycles. The Kier molecular flexibility index (Phi) is 6.04. The van der Waals surface area contributed by atoms with Gasteiger partial charge in [0.05, 0.1) is 6.54 Å². The largest absolute Gasteiger partial charge is 0.483 e. The third-order valence-corrected chi connectivity index (χ3v) is 4.20. The Balaban J connectivity index is 1.55. The summed E-state index contributed by atoms with van der Waals surface area (Å²) in [7, 11) is 0. The van der Waals surface area contributed by atoms with E-state index in [2.05, 4.69) is 23.4 Å². The molecule has 0 unspecified atom stereocenters. The van der Waals surface area contributed by atoms with Crippen molar-refractivity contribution in [2.75, 3.05) is 6.61 Å². The van der Waals surface area contributed by atoms with E-state index in [1.807, 2.05) is 59.4 Å². The minimum Gasteiger partial charge on any atom is -0.483 e. The van der Waals surface area contributed by atoms with Crippen molar-refractivity contribution in [2.45, 2.75) is 26.4 Å². The van der Waals surface area contributed by atoms with Crippen LogP contribution in [-0.4, -0.2) is 22.3 Å². The van der Waals surface area contributed by atoms with E-state index in [0.717, 1.165) is 28.9 Å². The van der Waals surface area contributed by atoms with Crippen LogP contribution in [0.2, 0.25) is 0 Å². The molecule has 2 aromatic carbocycles. The van der Waals surface area contributed by atoms with Gasteiger partial charge in [0, 0.05) is 18.9 Å². The normalized spacial score (nSPS) is 10.5. The van der Waals surface area contributed by atoms with E-state index < -0.39 is 0 Å². The van der Waals surface area contributed by atoms with E-state index in [0.29, 0.717) is 13.1 Å². The summed E-state index contributed by atoms with van der Waals surface area (Å²) in [5.41, 5.74) is 3.31. The number of amides is 1. The number of carbonyl (C=O) groups excluding carboxylic acids is 1. The highest BCUT2D eigenvalue weighted by Gasteiger charge is 2.08. The van der Waals surface area contributed by atoms with Gasteiger partial charge in [-0.05, 0) is 35.2 Å². The van der Waals surface area contributed by atoms with Gasteiger partial charge in [0.2, 0.25) is 0 Å². The number of hydrogen-bond donors (Lipinski definition) is 1. The quantitative estimate of drug-likeness (QED) is 0.679. The highest BCUT2D eigenvalue weighted by Crippen LogP contribution is 2.18. The SMILES string of the molecule is CCc1ccccc1OCC(=O)NCc1ccccc1Cn1cccn1. The fourth-order valence-corrected chi connectivity index (χ4v) is 2.78. The van der Waals surface area contributed by atoms with Gasteiger partial charge in [-0.15, -0.1) is 0 Å². The molecule has 0 radical (unpaired) electrons. The number of benzene rings is 2. The van der Waals surface area contributed by atoms with E-state index >= 15 is 0 Å². The average Bonchev–Trinajstić information content (AvgIpc) is 3.19. The molecule has 0 saturated carbocycles. The molecule has 1 heterocycles. The van der Waals surface area contributed by atoms with Crippen LogP contribution >= 0.6 is 0 Å². The molecule has 1 N–H and O–H groups in total. The zero-order chi connectivity index (χ0) is 18.2. The van der Waals surface area contributed by atoms with Crippen LogP contribution < -0.4 is 10.1 Å². The molecule has 0 spiro atoms. The van der Waals surface area contributed by atoms with Crippen LogP contribution in [-0.2, 0) is 24.3 Å². The van der Waals surface area contributed by atoms with Gasteiger partial charge < -0.3 is 10.1 Å². The molecule has 3 aromatic rings. The van der Waals surface area contributed by atoms with Gasteiger partial charge in [-0.1, -0.05) is 49.4 Å². The van der Waals surface area contributed by atoms with Crippen molar-refractivity contribution in [1.82, 2.24) is 15.1 Å². The Morgan fingerprint density at radius 2 is 1.77 bits per heavy atom. The number of carbonyl (C=O) groups is 1. The fourth-order valence-electron chi connectivity index (χ4n) is 2.78. The van der Waals surface area contributed by atoms with Gasteiger partial charge in [0.25, 0.3) is 5.91 Å². The summed E-state index contributed by atoms with van der Waals surface area (Å²) < 4.78 is 7.53. The summed E-state index contributed by atoms with van der Waals surface area (Å²) in [5.74, 6) is 0.633. The standard InChI is InChI=1S/C21H23N3O2/c1-2-17-8-5-6-11-20(17)26-16-21(25)22-14-18-9-3-4-10-19(18)15-24-13-7-12-23-24/h3-13H,2,14-16H2,1H3,(H,22,25). The van der Waals surface area contributed by atoms with E-state index in [1.165, 1.54) is 0 Å². The van der Waals surface area contributed by atoms with Crippen LogP contribution in [0.15, 0.2) is 67.0 Å². The molecule has 5 heteroatoms. The molecular weight excluding hydrogens is 326 g/mol. The van der Waals surface area contributed by atoms with Crippen LogP contribution in [0.1, 0.15) is 23.6 Å². The van der Waals surface area contributed by atoms with Gasteiger partial charge in [-0.2, -0.15) is 5.10 Å².